The molecule has 1 aromatic heterocycles. The molecule has 1 N–H and O–H groups in total. The molecule has 2 heterocycles. The van der Waals surface area contributed by atoms with Gasteiger partial charge in [-0.3, -0.25) is 14.5 Å². The highest BCUT2D eigenvalue weighted by Gasteiger charge is 2.25. The molecular formula is C16H23N3O2S. The van der Waals surface area contributed by atoms with Crippen molar-refractivity contribution in [2.24, 2.45) is 5.92 Å². The zero-order chi connectivity index (χ0) is 15.5. The van der Waals surface area contributed by atoms with Crippen LogP contribution in [0.5, 0.6) is 0 Å². The van der Waals surface area contributed by atoms with Crippen molar-refractivity contribution < 1.29 is 9.59 Å². The third-order valence-corrected chi connectivity index (χ3v) is 5.40. The van der Waals surface area contributed by atoms with Crippen molar-refractivity contribution in [3.63, 3.8) is 0 Å². The molecular weight excluding hydrogens is 298 g/mol. The van der Waals surface area contributed by atoms with Gasteiger partial charge in [-0.25, -0.2) is 4.98 Å². The van der Waals surface area contributed by atoms with Crippen molar-refractivity contribution in [1.82, 2.24) is 10.3 Å². The van der Waals surface area contributed by atoms with Crippen LogP contribution in [0.15, 0.2) is 5.38 Å². The Balaban J connectivity index is 1.53. The fraction of sp³-hybridized carbons (Fsp3) is 0.688. The van der Waals surface area contributed by atoms with E-state index in [1.807, 2.05) is 5.38 Å². The van der Waals surface area contributed by atoms with Crippen molar-refractivity contribution in [2.75, 3.05) is 11.4 Å². The smallest absolute Gasteiger partial charge is 0.228 e. The highest BCUT2D eigenvalue weighted by atomic mass is 32.1. The van der Waals surface area contributed by atoms with E-state index in [0.717, 1.165) is 36.6 Å². The van der Waals surface area contributed by atoms with Gasteiger partial charge in [-0.15, -0.1) is 11.3 Å². The van der Waals surface area contributed by atoms with Gasteiger partial charge >= 0.3 is 0 Å². The van der Waals surface area contributed by atoms with E-state index in [9.17, 15) is 9.59 Å². The maximum Gasteiger partial charge on any atom is 0.228 e. The fourth-order valence-electron chi connectivity index (χ4n) is 3.36. The van der Waals surface area contributed by atoms with Gasteiger partial charge in [-0.05, 0) is 25.2 Å². The van der Waals surface area contributed by atoms with E-state index in [2.05, 4.69) is 17.2 Å². The SMILES string of the molecule is C[C@@H]1CCC[C@H](NC(=O)Cc2csc(N3CCCC3=O)n2)C1. The maximum absolute atomic E-state index is 12.2. The van der Waals surface area contributed by atoms with Gasteiger partial charge in [0.2, 0.25) is 11.8 Å². The summed E-state index contributed by atoms with van der Waals surface area (Å²) in [7, 11) is 0. The van der Waals surface area contributed by atoms with Gasteiger partial charge in [0.05, 0.1) is 12.1 Å². The maximum atomic E-state index is 12.2. The number of carbonyl (C=O) groups excluding carboxylic acids is 2. The number of hydrogen-bond donors (Lipinski definition) is 1. The predicted molar refractivity (Wildman–Crippen MR) is 87.0 cm³/mol. The number of anilines is 1. The van der Waals surface area contributed by atoms with Crippen LogP contribution in [-0.4, -0.2) is 29.4 Å². The van der Waals surface area contributed by atoms with Gasteiger partial charge in [0.15, 0.2) is 5.13 Å². The van der Waals surface area contributed by atoms with Gasteiger partial charge in [0, 0.05) is 24.4 Å². The molecule has 0 bridgehead atoms. The first-order chi connectivity index (χ1) is 10.6. The Morgan fingerprint density at radius 3 is 3.05 bits per heavy atom. The number of nitrogens with zero attached hydrogens (tertiary/aromatic N) is 2. The van der Waals surface area contributed by atoms with E-state index in [1.54, 1.807) is 4.90 Å². The molecule has 0 radical (unpaired) electrons. The summed E-state index contributed by atoms with van der Waals surface area (Å²) < 4.78 is 0. The number of carbonyl (C=O) groups is 2. The van der Waals surface area contributed by atoms with Crippen LogP contribution in [0, 0.1) is 5.92 Å². The Morgan fingerprint density at radius 2 is 2.32 bits per heavy atom. The van der Waals surface area contributed by atoms with E-state index >= 15 is 0 Å². The van der Waals surface area contributed by atoms with Gasteiger partial charge in [0.1, 0.15) is 0 Å². The van der Waals surface area contributed by atoms with Crippen molar-refractivity contribution in [3.05, 3.63) is 11.1 Å². The molecule has 0 spiro atoms. The van der Waals surface area contributed by atoms with Gasteiger partial charge < -0.3 is 5.32 Å². The average Bonchev–Trinajstić information content (AvgIpc) is 3.07. The summed E-state index contributed by atoms with van der Waals surface area (Å²) >= 11 is 1.45. The first-order valence-corrected chi connectivity index (χ1v) is 9.04. The lowest BCUT2D eigenvalue weighted by molar-refractivity contribution is -0.121. The van der Waals surface area contributed by atoms with E-state index in [-0.39, 0.29) is 11.8 Å². The van der Waals surface area contributed by atoms with Crippen LogP contribution in [0.3, 0.4) is 0 Å². The molecule has 1 saturated carbocycles. The quantitative estimate of drug-likeness (QED) is 0.927. The minimum atomic E-state index is 0.0451. The second-order valence-corrected chi connectivity index (χ2v) is 7.32. The molecule has 3 rings (SSSR count). The lowest BCUT2D eigenvalue weighted by atomic mass is 9.87. The third-order valence-electron chi connectivity index (χ3n) is 4.49. The largest absolute Gasteiger partial charge is 0.353 e. The highest BCUT2D eigenvalue weighted by molar-refractivity contribution is 7.14. The molecule has 2 atom stereocenters. The molecule has 1 saturated heterocycles. The van der Waals surface area contributed by atoms with Gasteiger partial charge in [0.25, 0.3) is 0 Å². The third kappa shape index (κ3) is 3.66. The number of thiazole rings is 1. The molecule has 2 fully saturated rings. The minimum absolute atomic E-state index is 0.0451. The minimum Gasteiger partial charge on any atom is -0.353 e. The van der Waals surface area contributed by atoms with Crippen molar-refractivity contribution in [2.45, 2.75) is 57.9 Å². The molecule has 0 aromatic carbocycles. The number of aromatic nitrogens is 1. The van der Waals surface area contributed by atoms with E-state index in [0.29, 0.717) is 24.8 Å². The summed E-state index contributed by atoms with van der Waals surface area (Å²) in [6.45, 7) is 3.00. The molecule has 2 aliphatic rings. The zero-order valence-electron chi connectivity index (χ0n) is 13.0. The standard InChI is InChI=1S/C16H23N3O2S/c1-11-4-2-5-12(8-11)17-14(20)9-13-10-22-16(18-13)19-7-3-6-15(19)21/h10-12H,2-9H2,1H3,(H,17,20)/t11-,12+/m1/s1. The Labute approximate surface area is 135 Å². The van der Waals surface area contributed by atoms with Gasteiger partial charge in [-0.1, -0.05) is 19.8 Å². The molecule has 22 heavy (non-hydrogen) atoms. The number of rotatable bonds is 4. The summed E-state index contributed by atoms with van der Waals surface area (Å²) in [6.07, 6.45) is 6.44. The Hall–Kier alpha value is -1.43. The molecule has 6 heteroatoms. The Bertz CT molecular complexity index is 557. The molecule has 0 unspecified atom stereocenters. The molecule has 1 aromatic rings. The fourth-order valence-corrected chi connectivity index (χ4v) is 4.23. The first-order valence-electron chi connectivity index (χ1n) is 8.16. The number of nitrogens with one attached hydrogen (secondary N) is 1. The van der Waals surface area contributed by atoms with E-state index in [4.69, 9.17) is 0 Å². The van der Waals surface area contributed by atoms with Crippen LogP contribution in [0.25, 0.3) is 0 Å². The summed E-state index contributed by atoms with van der Waals surface area (Å²) in [5.74, 6) is 0.886. The number of hydrogen-bond acceptors (Lipinski definition) is 4. The highest BCUT2D eigenvalue weighted by Crippen LogP contribution is 2.26. The monoisotopic (exact) mass is 321 g/mol. The zero-order valence-corrected chi connectivity index (χ0v) is 13.8. The first kappa shape index (κ1) is 15.5. The Morgan fingerprint density at radius 1 is 1.45 bits per heavy atom. The lowest BCUT2D eigenvalue weighted by Gasteiger charge is -2.27. The topological polar surface area (TPSA) is 62.3 Å². The van der Waals surface area contributed by atoms with Crippen LogP contribution < -0.4 is 10.2 Å². The normalized spacial score (nSPS) is 25.5. The van der Waals surface area contributed by atoms with Gasteiger partial charge in [-0.2, -0.15) is 0 Å². The van der Waals surface area contributed by atoms with Crippen LogP contribution in [0.2, 0.25) is 0 Å². The molecule has 120 valence electrons. The summed E-state index contributed by atoms with van der Waals surface area (Å²) in [4.78, 5) is 30.1. The van der Waals surface area contributed by atoms with Crippen LogP contribution in [0.4, 0.5) is 5.13 Å². The summed E-state index contributed by atoms with van der Waals surface area (Å²) in [6, 6.07) is 0.314. The predicted octanol–water partition coefficient (Wildman–Crippen LogP) is 2.51. The Kier molecular flexibility index (Phi) is 4.76. The summed E-state index contributed by atoms with van der Waals surface area (Å²) in [5.41, 5.74) is 0.765. The molecule has 2 amide bonds. The molecule has 1 aliphatic heterocycles. The van der Waals surface area contributed by atoms with Crippen molar-refractivity contribution in [3.8, 4) is 0 Å². The average molecular weight is 321 g/mol. The van der Waals surface area contributed by atoms with E-state index in [1.165, 1.54) is 24.2 Å². The number of amides is 2. The molecule has 5 nitrogen and oxygen atoms in total. The molecule has 1 aliphatic carbocycles. The van der Waals surface area contributed by atoms with E-state index < -0.39 is 0 Å². The van der Waals surface area contributed by atoms with Crippen LogP contribution >= 0.6 is 11.3 Å². The lowest BCUT2D eigenvalue weighted by Crippen LogP contribution is -2.38. The second kappa shape index (κ2) is 6.77. The summed E-state index contributed by atoms with van der Waals surface area (Å²) in [5, 5.41) is 5.76. The van der Waals surface area contributed by atoms with Crippen LogP contribution in [0.1, 0.15) is 51.1 Å². The van der Waals surface area contributed by atoms with Crippen molar-refractivity contribution >= 4 is 28.3 Å². The van der Waals surface area contributed by atoms with Crippen molar-refractivity contribution in [1.29, 1.82) is 0 Å². The second-order valence-electron chi connectivity index (χ2n) is 6.48. The van der Waals surface area contributed by atoms with Crippen LogP contribution in [-0.2, 0) is 16.0 Å².